The molecular formula is C34H41OTi. The summed E-state index contributed by atoms with van der Waals surface area (Å²) >= 11 is 0. The number of hydrogen-bond donors (Lipinski definition) is 1. The van der Waals surface area contributed by atoms with E-state index in [1.54, 1.807) is 0 Å². The minimum Gasteiger partial charge on any atom is -0.507 e. The van der Waals surface area contributed by atoms with Crippen molar-refractivity contribution in [1.82, 2.24) is 0 Å². The molecule has 0 atom stereocenters. The Hall–Kier alpha value is -2.35. The second-order valence-electron chi connectivity index (χ2n) is 10.3. The van der Waals surface area contributed by atoms with Crippen LogP contribution in [0, 0.1) is 34.1 Å². The van der Waals surface area contributed by atoms with Crippen molar-refractivity contribution in [2.45, 2.75) is 46.0 Å². The maximum Gasteiger partial charge on any atom is 3.00 e. The molecule has 0 amide bonds. The smallest absolute Gasteiger partial charge is 0.507 e. The molecule has 0 aliphatic heterocycles. The van der Waals surface area contributed by atoms with Gasteiger partial charge in [0.05, 0.1) is 0 Å². The largest absolute Gasteiger partial charge is 3.00 e. The zero-order valence-electron chi connectivity index (χ0n) is 23.0. The molecule has 36 heavy (non-hydrogen) atoms. The predicted molar refractivity (Wildman–Crippen MR) is 155 cm³/mol. The van der Waals surface area contributed by atoms with E-state index in [2.05, 4.69) is 88.4 Å². The SMILES string of the molecule is CC(C)CC1(CC(C)C)c2ccccc2-c2ccc(-c3ccc4ccccc4c3O)cc21.[CH3-].[CH3-].[CH3-].[Ti+3]. The molecule has 1 aliphatic rings. The zero-order chi connectivity index (χ0) is 22.5. The third-order valence-corrected chi connectivity index (χ3v) is 6.99. The van der Waals surface area contributed by atoms with Gasteiger partial charge in [-0.05, 0) is 63.9 Å². The molecule has 0 aromatic heterocycles. The summed E-state index contributed by atoms with van der Waals surface area (Å²) in [6.07, 6.45) is 2.25. The van der Waals surface area contributed by atoms with Crippen molar-refractivity contribution in [3.63, 3.8) is 0 Å². The molecule has 5 rings (SSSR count). The molecule has 4 aromatic rings. The molecule has 0 unspecified atom stereocenters. The summed E-state index contributed by atoms with van der Waals surface area (Å²) in [5, 5.41) is 13.1. The van der Waals surface area contributed by atoms with Crippen LogP contribution in [0.5, 0.6) is 5.75 Å². The van der Waals surface area contributed by atoms with Crippen LogP contribution >= 0.6 is 0 Å². The van der Waals surface area contributed by atoms with Crippen LogP contribution in [-0.4, -0.2) is 5.11 Å². The van der Waals surface area contributed by atoms with Crippen molar-refractivity contribution in [3.8, 4) is 28.0 Å². The fraction of sp³-hybridized carbons (Fsp3) is 0.265. The Morgan fingerprint density at radius 2 is 1.19 bits per heavy atom. The first-order valence-electron chi connectivity index (χ1n) is 11.9. The summed E-state index contributed by atoms with van der Waals surface area (Å²) < 4.78 is 0. The van der Waals surface area contributed by atoms with E-state index < -0.39 is 0 Å². The molecule has 4 aromatic carbocycles. The van der Waals surface area contributed by atoms with Gasteiger partial charge in [0, 0.05) is 16.4 Å². The van der Waals surface area contributed by atoms with Gasteiger partial charge < -0.3 is 27.4 Å². The van der Waals surface area contributed by atoms with Crippen LogP contribution in [0.25, 0.3) is 33.0 Å². The summed E-state index contributed by atoms with van der Waals surface area (Å²) in [5.41, 5.74) is 7.63. The molecule has 2 heteroatoms. The third-order valence-electron chi connectivity index (χ3n) is 6.99. The van der Waals surface area contributed by atoms with Crippen molar-refractivity contribution in [2.24, 2.45) is 11.8 Å². The van der Waals surface area contributed by atoms with Gasteiger partial charge in [-0.2, -0.15) is 0 Å². The van der Waals surface area contributed by atoms with Gasteiger partial charge in [0.25, 0.3) is 0 Å². The zero-order valence-corrected chi connectivity index (χ0v) is 24.6. The second kappa shape index (κ2) is 12.3. The minimum atomic E-state index is 0. The average Bonchev–Trinajstić information content (AvgIpc) is 3.02. The fourth-order valence-corrected chi connectivity index (χ4v) is 6.03. The molecule has 0 bridgehead atoms. The second-order valence-corrected chi connectivity index (χ2v) is 10.3. The van der Waals surface area contributed by atoms with Gasteiger partial charge in [-0.15, -0.1) is 0 Å². The number of phenols is 1. The van der Waals surface area contributed by atoms with E-state index in [0.29, 0.717) is 17.6 Å². The number of phenolic OH excluding ortho intramolecular Hbond substituents is 1. The molecule has 187 valence electrons. The van der Waals surface area contributed by atoms with E-state index >= 15 is 0 Å². The Labute approximate surface area is 234 Å². The standard InChI is InChI=1S/C31H32O.3CH3.Ti/c1-20(2)18-31(19-21(3)4)28-12-8-7-11-26(28)27-16-14-23(17-29(27)31)25-15-13-22-9-5-6-10-24(22)30(25)32;;;;/h5-17,20-21,32H,18-19H2,1-4H3;3*1H3;/q;3*-1;+3. The topological polar surface area (TPSA) is 20.2 Å². The Balaban J connectivity index is 0.00000162. The Bertz CT molecular complexity index is 1290. The van der Waals surface area contributed by atoms with Gasteiger partial charge in [-0.1, -0.05) is 100 Å². The Morgan fingerprint density at radius 1 is 0.639 bits per heavy atom. The average molecular weight is 514 g/mol. The number of rotatable bonds is 5. The molecule has 0 heterocycles. The van der Waals surface area contributed by atoms with Gasteiger partial charge >= 0.3 is 21.7 Å². The summed E-state index contributed by atoms with van der Waals surface area (Å²) in [6.45, 7) is 9.34. The van der Waals surface area contributed by atoms with Gasteiger partial charge in [-0.3, -0.25) is 0 Å². The first-order chi connectivity index (χ1) is 15.4. The van der Waals surface area contributed by atoms with E-state index in [9.17, 15) is 5.11 Å². The minimum absolute atomic E-state index is 0. The van der Waals surface area contributed by atoms with Crippen LogP contribution in [0.4, 0.5) is 0 Å². The van der Waals surface area contributed by atoms with Crippen LogP contribution in [-0.2, 0) is 27.1 Å². The monoisotopic (exact) mass is 513 g/mol. The van der Waals surface area contributed by atoms with E-state index in [1.807, 2.05) is 18.2 Å². The number of fused-ring (bicyclic) bond motifs is 4. The van der Waals surface area contributed by atoms with Crippen LogP contribution in [0.2, 0.25) is 0 Å². The van der Waals surface area contributed by atoms with Crippen molar-refractivity contribution in [2.75, 3.05) is 0 Å². The van der Waals surface area contributed by atoms with Crippen LogP contribution in [0.15, 0.2) is 78.9 Å². The Kier molecular flexibility index (Phi) is 10.8. The van der Waals surface area contributed by atoms with E-state index in [1.165, 1.54) is 22.3 Å². The maximum atomic E-state index is 11.1. The van der Waals surface area contributed by atoms with Crippen molar-refractivity contribution < 1.29 is 26.8 Å². The summed E-state index contributed by atoms with van der Waals surface area (Å²) in [4.78, 5) is 0. The molecule has 0 spiro atoms. The van der Waals surface area contributed by atoms with E-state index in [-0.39, 0.29) is 49.4 Å². The first kappa shape index (κ1) is 31.7. The summed E-state index contributed by atoms with van der Waals surface area (Å²) in [5.74, 6) is 1.55. The maximum absolute atomic E-state index is 11.1. The molecule has 1 N–H and O–H groups in total. The van der Waals surface area contributed by atoms with Gasteiger partial charge in [0.1, 0.15) is 5.75 Å². The van der Waals surface area contributed by atoms with Gasteiger partial charge in [0.2, 0.25) is 0 Å². The number of aromatic hydroxyl groups is 1. The third kappa shape index (κ3) is 5.20. The van der Waals surface area contributed by atoms with Gasteiger partial charge in [-0.25, -0.2) is 0 Å². The van der Waals surface area contributed by atoms with Crippen molar-refractivity contribution >= 4 is 10.8 Å². The number of benzene rings is 4. The van der Waals surface area contributed by atoms with E-state index in [4.69, 9.17) is 0 Å². The molecule has 0 saturated carbocycles. The first-order valence-corrected chi connectivity index (χ1v) is 11.9. The predicted octanol–water partition coefficient (Wildman–Crippen LogP) is 9.92. The normalized spacial score (nSPS) is 12.6. The summed E-state index contributed by atoms with van der Waals surface area (Å²) in [7, 11) is 0. The fourth-order valence-electron chi connectivity index (χ4n) is 6.03. The quantitative estimate of drug-likeness (QED) is 0.208. The van der Waals surface area contributed by atoms with Gasteiger partial charge in [0.15, 0.2) is 0 Å². The number of hydrogen-bond acceptors (Lipinski definition) is 1. The molecule has 1 radical (unpaired) electrons. The van der Waals surface area contributed by atoms with E-state index in [0.717, 1.165) is 34.7 Å². The Morgan fingerprint density at radius 3 is 1.86 bits per heavy atom. The molecule has 0 fully saturated rings. The van der Waals surface area contributed by atoms with Crippen LogP contribution in [0.3, 0.4) is 0 Å². The van der Waals surface area contributed by atoms with Crippen molar-refractivity contribution in [1.29, 1.82) is 0 Å². The summed E-state index contributed by atoms with van der Waals surface area (Å²) in [6, 6.07) is 28.0. The molecule has 1 aliphatic carbocycles. The molecule has 0 saturated heterocycles. The molecular weight excluding hydrogens is 472 g/mol. The van der Waals surface area contributed by atoms with Crippen LogP contribution in [0.1, 0.15) is 51.7 Å². The van der Waals surface area contributed by atoms with Crippen LogP contribution < -0.4 is 0 Å². The molecule has 1 nitrogen and oxygen atoms in total. The van der Waals surface area contributed by atoms with Crippen molar-refractivity contribution in [3.05, 3.63) is 112 Å².